The molecule has 22 heavy (non-hydrogen) atoms. The molecule has 0 saturated heterocycles. The zero-order chi connectivity index (χ0) is 15.5. The summed E-state index contributed by atoms with van der Waals surface area (Å²) < 4.78 is 3.94. The van der Waals surface area contributed by atoms with Crippen molar-refractivity contribution in [3.63, 3.8) is 0 Å². The summed E-state index contributed by atoms with van der Waals surface area (Å²) in [6.07, 6.45) is 0. The van der Waals surface area contributed by atoms with Crippen LogP contribution in [0.15, 0.2) is 72.8 Å². The number of halogens is 3. The van der Waals surface area contributed by atoms with Crippen LogP contribution >= 0.6 is 34.8 Å². The van der Waals surface area contributed by atoms with Crippen molar-refractivity contribution in [2.24, 2.45) is 0 Å². The summed E-state index contributed by atoms with van der Waals surface area (Å²) in [4.78, 5) is 0. The quantitative estimate of drug-likeness (QED) is 0.436. The predicted octanol–water partition coefficient (Wildman–Crippen LogP) is 4.16. The van der Waals surface area contributed by atoms with Gasteiger partial charge in [-0.2, -0.15) is 0 Å². The van der Waals surface area contributed by atoms with Gasteiger partial charge in [0, 0.05) is 0 Å². The van der Waals surface area contributed by atoms with Crippen LogP contribution in [0.4, 0.5) is 0 Å². The van der Waals surface area contributed by atoms with Crippen LogP contribution in [-0.4, -0.2) is 21.8 Å². The molecule has 3 aromatic rings. The Kier molecular flexibility index (Phi) is 5.42. The molecule has 110 valence electrons. The molecule has 0 nitrogen and oxygen atoms in total. The molecule has 3 aromatic carbocycles. The van der Waals surface area contributed by atoms with Crippen LogP contribution in [0.1, 0.15) is 0 Å². The molecular formula is C18H12BiCl3. The maximum atomic E-state index is 6.21. The van der Waals surface area contributed by atoms with E-state index in [2.05, 4.69) is 36.4 Å². The van der Waals surface area contributed by atoms with Crippen molar-refractivity contribution >= 4 is 66.4 Å². The van der Waals surface area contributed by atoms with E-state index in [1.54, 1.807) is 0 Å². The topological polar surface area (TPSA) is 0 Å². The van der Waals surface area contributed by atoms with E-state index in [4.69, 9.17) is 34.8 Å². The third kappa shape index (κ3) is 3.84. The van der Waals surface area contributed by atoms with Gasteiger partial charge in [0.2, 0.25) is 0 Å². The Hall–Kier alpha value is -0.587. The summed E-state index contributed by atoms with van der Waals surface area (Å²) in [5, 5.41) is 2.30. The molecule has 4 heteroatoms. The first-order valence-corrected chi connectivity index (χ1v) is 13.1. The SMILES string of the molecule is Clc1ccc[c]([Bi]([c]2cccc(Cl)c2)[c]2cccc(Cl)c2)c1. The maximum absolute atomic E-state index is 6.21. The molecule has 3 rings (SSSR count). The molecule has 0 aliphatic heterocycles. The van der Waals surface area contributed by atoms with Crippen molar-refractivity contribution in [3.8, 4) is 0 Å². The van der Waals surface area contributed by atoms with Gasteiger partial charge in [-0.25, -0.2) is 0 Å². The number of hydrogen-bond acceptors (Lipinski definition) is 0. The zero-order valence-corrected chi connectivity index (χ0v) is 17.3. The molecule has 0 radical (unpaired) electrons. The van der Waals surface area contributed by atoms with Crippen molar-refractivity contribution in [2.75, 3.05) is 0 Å². The van der Waals surface area contributed by atoms with E-state index < -0.39 is 21.8 Å². The molecule has 0 atom stereocenters. The van der Waals surface area contributed by atoms with Gasteiger partial charge in [-0.3, -0.25) is 0 Å². The molecule has 0 fully saturated rings. The molecule has 0 amide bonds. The number of rotatable bonds is 3. The molecule has 0 saturated carbocycles. The normalized spacial score (nSPS) is 10.9. The molecule has 0 spiro atoms. The Morgan fingerprint density at radius 2 is 0.818 bits per heavy atom. The first kappa shape index (κ1) is 16.3. The van der Waals surface area contributed by atoms with Crippen molar-refractivity contribution in [1.82, 2.24) is 0 Å². The molecule has 0 N–H and O–H groups in total. The molecule has 0 aliphatic carbocycles. The molecule has 0 aliphatic rings. The fraction of sp³-hybridized carbons (Fsp3) is 0. The van der Waals surface area contributed by atoms with Crippen molar-refractivity contribution < 1.29 is 0 Å². The van der Waals surface area contributed by atoms with Crippen LogP contribution in [0.2, 0.25) is 15.1 Å². The minimum absolute atomic E-state index is 0.765. The second-order valence-corrected chi connectivity index (χ2v) is 14.7. The van der Waals surface area contributed by atoms with Crippen molar-refractivity contribution in [2.45, 2.75) is 0 Å². The van der Waals surface area contributed by atoms with Crippen LogP contribution in [0, 0.1) is 0 Å². The third-order valence-electron chi connectivity index (χ3n) is 3.20. The van der Waals surface area contributed by atoms with Crippen molar-refractivity contribution in [1.29, 1.82) is 0 Å². The third-order valence-corrected chi connectivity index (χ3v) is 13.2. The standard InChI is InChI=1S/3C6H4Cl.Bi/c3*7-6-4-2-1-3-5-6;/h3*1-2,4-5H;. The second-order valence-electron chi connectivity index (χ2n) is 4.78. The second kappa shape index (κ2) is 7.32. The fourth-order valence-corrected chi connectivity index (χ4v) is 13.1. The Labute approximate surface area is 153 Å². The first-order valence-electron chi connectivity index (χ1n) is 6.70. The van der Waals surface area contributed by atoms with Gasteiger partial charge in [0.15, 0.2) is 0 Å². The Balaban J connectivity index is 2.18. The van der Waals surface area contributed by atoms with Crippen LogP contribution in [-0.2, 0) is 0 Å². The predicted molar refractivity (Wildman–Crippen MR) is 99.0 cm³/mol. The van der Waals surface area contributed by atoms with Gasteiger partial charge in [-0.05, 0) is 0 Å². The fourth-order valence-electron chi connectivity index (χ4n) is 2.29. The van der Waals surface area contributed by atoms with E-state index in [1.165, 1.54) is 9.81 Å². The number of benzene rings is 3. The average Bonchev–Trinajstić information content (AvgIpc) is 2.48. The van der Waals surface area contributed by atoms with Crippen LogP contribution in [0.3, 0.4) is 0 Å². The molecule has 0 unspecified atom stereocenters. The molecule has 0 aromatic heterocycles. The monoisotopic (exact) mass is 542 g/mol. The molecule has 0 heterocycles. The summed E-state index contributed by atoms with van der Waals surface area (Å²) in [5.41, 5.74) is 0. The van der Waals surface area contributed by atoms with Gasteiger partial charge in [0.25, 0.3) is 0 Å². The Morgan fingerprint density at radius 1 is 0.500 bits per heavy atom. The van der Waals surface area contributed by atoms with E-state index in [1.807, 2.05) is 36.4 Å². The van der Waals surface area contributed by atoms with Crippen LogP contribution < -0.4 is 9.81 Å². The van der Waals surface area contributed by atoms with E-state index in [0.29, 0.717) is 0 Å². The van der Waals surface area contributed by atoms with Crippen LogP contribution in [0.5, 0.6) is 0 Å². The summed E-state index contributed by atoms with van der Waals surface area (Å²) in [7, 11) is 0. The van der Waals surface area contributed by atoms with E-state index >= 15 is 0 Å². The first-order chi connectivity index (χ1) is 10.6. The minimum atomic E-state index is -2.43. The molecule has 0 bridgehead atoms. The Bertz CT molecular complexity index is 693. The zero-order valence-electron chi connectivity index (χ0n) is 11.5. The van der Waals surface area contributed by atoms with E-state index in [0.717, 1.165) is 15.1 Å². The summed E-state index contributed by atoms with van der Waals surface area (Å²) in [5.74, 6) is 0. The number of hydrogen-bond donors (Lipinski definition) is 0. The van der Waals surface area contributed by atoms with Crippen molar-refractivity contribution in [3.05, 3.63) is 87.9 Å². The Morgan fingerprint density at radius 3 is 1.09 bits per heavy atom. The van der Waals surface area contributed by atoms with Gasteiger partial charge in [0.1, 0.15) is 0 Å². The van der Waals surface area contributed by atoms with Gasteiger partial charge < -0.3 is 0 Å². The van der Waals surface area contributed by atoms with Crippen LogP contribution in [0.25, 0.3) is 0 Å². The van der Waals surface area contributed by atoms with Gasteiger partial charge in [0.05, 0.1) is 0 Å². The van der Waals surface area contributed by atoms with Gasteiger partial charge >= 0.3 is 154 Å². The van der Waals surface area contributed by atoms with E-state index in [9.17, 15) is 0 Å². The summed E-state index contributed by atoms with van der Waals surface area (Å²) in [6, 6.07) is 24.4. The average molecular weight is 544 g/mol. The van der Waals surface area contributed by atoms with Gasteiger partial charge in [-0.15, -0.1) is 0 Å². The van der Waals surface area contributed by atoms with Gasteiger partial charge in [-0.1, -0.05) is 0 Å². The summed E-state index contributed by atoms with van der Waals surface area (Å²) >= 11 is 16.2. The molecular weight excluding hydrogens is 532 g/mol. The summed E-state index contributed by atoms with van der Waals surface area (Å²) in [6.45, 7) is 0. The van der Waals surface area contributed by atoms with E-state index in [-0.39, 0.29) is 0 Å².